The number of hydrogen-bond donors (Lipinski definition) is 2. The molecular weight excluding hydrogens is 246 g/mol. The van der Waals surface area contributed by atoms with Gasteiger partial charge in [0.15, 0.2) is 0 Å². The van der Waals surface area contributed by atoms with Gasteiger partial charge in [-0.2, -0.15) is 0 Å². The Morgan fingerprint density at radius 1 is 1.16 bits per heavy atom. The van der Waals surface area contributed by atoms with Gasteiger partial charge >= 0.3 is 7.12 Å². The van der Waals surface area contributed by atoms with Crippen molar-refractivity contribution in [2.45, 2.75) is 13.5 Å². The van der Waals surface area contributed by atoms with Gasteiger partial charge < -0.3 is 14.8 Å². The van der Waals surface area contributed by atoms with Crippen molar-refractivity contribution in [1.82, 2.24) is 0 Å². The minimum atomic E-state index is -1.76. The summed E-state index contributed by atoms with van der Waals surface area (Å²) in [4.78, 5) is 0. The van der Waals surface area contributed by atoms with E-state index >= 15 is 0 Å². The maximum absolute atomic E-state index is 13.0. The Labute approximate surface area is 111 Å². The van der Waals surface area contributed by atoms with Gasteiger partial charge in [-0.15, -0.1) is 0 Å². The lowest BCUT2D eigenvalue weighted by atomic mass is 9.79. The fourth-order valence-corrected chi connectivity index (χ4v) is 1.82. The molecule has 0 aliphatic rings. The highest BCUT2D eigenvalue weighted by Gasteiger charge is 2.18. The number of ether oxygens (including phenoxy) is 1. The van der Waals surface area contributed by atoms with Crippen LogP contribution in [0.2, 0.25) is 0 Å². The van der Waals surface area contributed by atoms with E-state index in [0.717, 1.165) is 17.2 Å². The third-order valence-corrected chi connectivity index (χ3v) is 2.73. The minimum absolute atomic E-state index is 0.0210. The van der Waals surface area contributed by atoms with E-state index in [2.05, 4.69) is 0 Å². The lowest BCUT2D eigenvalue weighted by molar-refractivity contribution is 0.306. The minimum Gasteiger partial charge on any atom is -0.489 e. The summed E-state index contributed by atoms with van der Waals surface area (Å²) in [6.45, 7) is 2.26. The first-order valence-electron chi connectivity index (χ1n) is 5.90. The number of halogens is 1. The van der Waals surface area contributed by atoms with Gasteiger partial charge in [-0.25, -0.2) is 4.39 Å². The molecule has 2 aromatic carbocycles. The van der Waals surface area contributed by atoms with Crippen LogP contribution in [0, 0.1) is 12.7 Å². The number of benzene rings is 2. The molecule has 0 atom stereocenters. The summed E-state index contributed by atoms with van der Waals surface area (Å²) < 4.78 is 18.6. The van der Waals surface area contributed by atoms with Crippen molar-refractivity contribution in [3.8, 4) is 5.75 Å². The van der Waals surface area contributed by atoms with Gasteiger partial charge in [0.1, 0.15) is 18.2 Å². The zero-order valence-corrected chi connectivity index (χ0v) is 10.5. The number of rotatable bonds is 4. The fourth-order valence-electron chi connectivity index (χ4n) is 1.82. The molecular formula is C14H14BFO3. The average Bonchev–Trinajstić information content (AvgIpc) is 2.37. The van der Waals surface area contributed by atoms with E-state index in [0.29, 0.717) is 0 Å². The Morgan fingerprint density at radius 3 is 2.63 bits per heavy atom. The Morgan fingerprint density at radius 2 is 1.95 bits per heavy atom. The summed E-state index contributed by atoms with van der Waals surface area (Å²) in [5.41, 5.74) is 2.10. The van der Waals surface area contributed by atoms with Crippen LogP contribution in [0.4, 0.5) is 4.39 Å². The molecule has 0 amide bonds. The van der Waals surface area contributed by atoms with Crippen LogP contribution in [0.15, 0.2) is 42.5 Å². The van der Waals surface area contributed by atoms with Crippen LogP contribution in [0.3, 0.4) is 0 Å². The zero-order valence-electron chi connectivity index (χ0n) is 10.5. The van der Waals surface area contributed by atoms with Crippen molar-refractivity contribution in [3.05, 3.63) is 59.4 Å². The molecule has 0 heterocycles. The van der Waals surface area contributed by atoms with Crippen LogP contribution in [0.25, 0.3) is 0 Å². The molecule has 2 rings (SSSR count). The third kappa shape index (κ3) is 3.56. The van der Waals surface area contributed by atoms with Crippen molar-refractivity contribution in [1.29, 1.82) is 0 Å². The van der Waals surface area contributed by atoms with Gasteiger partial charge in [-0.3, -0.25) is 0 Å². The highest BCUT2D eigenvalue weighted by Crippen LogP contribution is 2.13. The summed E-state index contributed by atoms with van der Waals surface area (Å²) in [7, 11) is -1.76. The van der Waals surface area contributed by atoms with Crippen molar-refractivity contribution in [3.63, 3.8) is 0 Å². The normalized spacial score (nSPS) is 10.3. The van der Waals surface area contributed by atoms with E-state index in [1.54, 1.807) is 0 Å². The molecule has 0 aliphatic heterocycles. The topological polar surface area (TPSA) is 49.7 Å². The molecule has 0 saturated heterocycles. The summed E-state index contributed by atoms with van der Waals surface area (Å²) in [6.07, 6.45) is 0. The molecule has 2 N–H and O–H groups in total. The Kier molecular flexibility index (Phi) is 4.19. The van der Waals surface area contributed by atoms with E-state index < -0.39 is 12.9 Å². The predicted octanol–water partition coefficient (Wildman–Crippen LogP) is 1.39. The van der Waals surface area contributed by atoms with E-state index in [1.807, 2.05) is 31.2 Å². The molecule has 5 heteroatoms. The van der Waals surface area contributed by atoms with Gasteiger partial charge in [-0.1, -0.05) is 29.8 Å². The lowest BCUT2D eigenvalue weighted by Crippen LogP contribution is -2.31. The van der Waals surface area contributed by atoms with E-state index in [9.17, 15) is 14.4 Å². The molecule has 3 nitrogen and oxygen atoms in total. The first-order chi connectivity index (χ1) is 9.06. The molecule has 0 unspecified atom stereocenters. The molecule has 0 bridgehead atoms. The summed E-state index contributed by atoms with van der Waals surface area (Å²) in [5.74, 6) is -0.274. The fraction of sp³-hybridized carbons (Fsp3) is 0.143. The zero-order chi connectivity index (χ0) is 13.8. The molecule has 0 aliphatic carbocycles. The Hall–Kier alpha value is -1.85. The lowest BCUT2D eigenvalue weighted by Gasteiger charge is -2.11. The van der Waals surface area contributed by atoms with Gasteiger partial charge in [0, 0.05) is 5.46 Å². The van der Waals surface area contributed by atoms with Gasteiger partial charge in [0.25, 0.3) is 0 Å². The first-order valence-corrected chi connectivity index (χ1v) is 5.90. The van der Waals surface area contributed by atoms with E-state index in [-0.39, 0.29) is 17.8 Å². The number of aryl methyl sites for hydroxylation is 1. The Balaban J connectivity index is 2.15. The molecule has 2 aromatic rings. The molecule has 0 radical (unpaired) electrons. The predicted molar refractivity (Wildman–Crippen MR) is 71.7 cm³/mol. The second-order valence-corrected chi connectivity index (χ2v) is 4.33. The molecule has 98 valence electrons. The van der Waals surface area contributed by atoms with Crippen LogP contribution in [-0.2, 0) is 6.61 Å². The standard InChI is InChI=1S/C14H14BFO3/c1-10-3-2-4-11(7-10)9-19-14-6-5-12(16)8-13(14)15(17)18/h2-8,17-18H,9H2,1H3. The third-order valence-electron chi connectivity index (χ3n) is 2.73. The highest BCUT2D eigenvalue weighted by molar-refractivity contribution is 6.59. The smallest absolute Gasteiger partial charge is 0.489 e. The highest BCUT2D eigenvalue weighted by atomic mass is 19.1. The summed E-state index contributed by atoms with van der Waals surface area (Å²) in [5, 5.41) is 18.4. The molecule has 0 fully saturated rings. The van der Waals surface area contributed by atoms with Crippen LogP contribution < -0.4 is 10.2 Å². The SMILES string of the molecule is Cc1cccc(COc2ccc(F)cc2B(O)O)c1. The maximum Gasteiger partial charge on any atom is 0.492 e. The van der Waals surface area contributed by atoms with Crippen LogP contribution >= 0.6 is 0 Å². The van der Waals surface area contributed by atoms with Gasteiger partial charge in [0.2, 0.25) is 0 Å². The van der Waals surface area contributed by atoms with Gasteiger partial charge in [-0.05, 0) is 30.7 Å². The summed E-state index contributed by atoms with van der Waals surface area (Å²) in [6, 6.07) is 11.4. The largest absolute Gasteiger partial charge is 0.492 e. The molecule has 0 spiro atoms. The molecule has 0 aromatic heterocycles. The van der Waals surface area contributed by atoms with Crippen LogP contribution in [0.1, 0.15) is 11.1 Å². The van der Waals surface area contributed by atoms with Gasteiger partial charge in [0.05, 0.1) is 0 Å². The molecule has 0 saturated carbocycles. The van der Waals surface area contributed by atoms with Crippen LogP contribution in [0.5, 0.6) is 5.75 Å². The van der Waals surface area contributed by atoms with Crippen LogP contribution in [-0.4, -0.2) is 17.2 Å². The second-order valence-electron chi connectivity index (χ2n) is 4.33. The van der Waals surface area contributed by atoms with E-state index in [4.69, 9.17) is 4.74 Å². The quantitative estimate of drug-likeness (QED) is 0.817. The average molecular weight is 260 g/mol. The van der Waals surface area contributed by atoms with Crippen molar-refractivity contribution < 1.29 is 19.2 Å². The maximum atomic E-state index is 13.0. The second kappa shape index (κ2) is 5.86. The van der Waals surface area contributed by atoms with Crippen molar-refractivity contribution in [2.24, 2.45) is 0 Å². The summed E-state index contributed by atoms with van der Waals surface area (Å²) >= 11 is 0. The molecule has 19 heavy (non-hydrogen) atoms. The van der Waals surface area contributed by atoms with Crippen molar-refractivity contribution in [2.75, 3.05) is 0 Å². The first kappa shape index (κ1) is 13.6. The monoisotopic (exact) mass is 260 g/mol. The van der Waals surface area contributed by atoms with E-state index in [1.165, 1.54) is 12.1 Å². The Bertz CT molecular complexity index is 572. The number of hydrogen-bond acceptors (Lipinski definition) is 3. The van der Waals surface area contributed by atoms with Crippen molar-refractivity contribution >= 4 is 12.6 Å².